The first-order valence-corrected chi connectivity index (χ1v) is 9.88. The first kappa shape index (κ1) is 22.1. The summed E-state index contributed by atoms with van der Waals surface area (Å²) in [6.07, 6.45) is 7.01. The molecular formula is C24H31F2NO. The largest absolute Gasteiger partial charge is 0.350 e. The van der Waals surface area contributed by atoms with Gasteiger partial charge in [0, 0.05) is 17.2 Å². The highest BCUT2D eigenvalue weighted by molar-refractivity contribution is 5.94. The lowest BCUT2D eigenvalue weighted by atomic mass is 9.72. The van der Waals surface area contributed by atoms with Crippen molar-refractivity contribution in [1.82, 2.24) is 5.32 Å². The predicted molar refractivity (Wildman–Crippen MR) is 112 cm³/mol. The quantitative estimate of drug-likeness (QED) is 0.557. The Morgan fingerprint density at radius 2 is 1.96 bits per heavy atom. The summed E-state index contributed by atoms with van der Waals surface area (Å²) < 4.78 is 29.3. The van der Waals surface area contributed by atoms with Crippen LogP contribution in [0.3, 0.4) is 0 Å². The Kier molecular flexibility index (Phi) is 6.97. The summed E-state index contributed by atoms with van der Waals surface area (Å²) in [5.41, 5.74) is 3.03. The maximum absolute atomic E-state index is 14.8. The molecule has 0 atom stereocenters. The minimum atomic E-state index is -0.741. The van der Waals surface area contributed by atoms with Crippen LogP contribution in [0, 0.1) is 11.2 Å². The molecular weight excluding hydrogens is 356 g/mol. The first-order chi connectivity index (χ1) is 13.0. The van der Waals surface area contributed by atoms with E-state index in [-0.39, 0.29) is 28.5 Å². The normalized spacial score (nSPS) is 17.9. The zero-order valence-electron chi connectivity index (χ0n) is 17.7. The van der Waals surface area contributed by atoms with Gasteiger partial charge in [0.1, 0.15) is 11.6 Å². The molecule has 1 aliphatic rings. The van der Waals surface area contributed by atoms with Crippen LogP contribution in [-0.4, -0.2) is 11.9 Å². The maximum Gasteiger partial charge on any atom is 0.251 e. The molecule has 0 aromatic heterocycles. The van der Waals surface area contributed by atoms with Gasteiger partial charge in [0.2, 0.25) is 0 Å². The maximum atomic E-state index is 14.8. The average molecular weight is 388 g/mol. The summed E-state index contributed by atoms with van der Waals surface area (Å²) >= 11 is 0. The van der Waals surface area contributed by atoms with Gasteiger partial charge in [0.25, 0.3) is 5.91 Å². The van der Waals surface area contributed by atoms with Crippen LogP contribution in [0.4, 0.5) is 8.78 Å². The Bertz CT molecular complexity index is 844. The van der Waals surface area contributed by atoms with Crippen LogP contribution in [-0.2, 0) is 0 Å². The molecule has 1 aromatic carbocycles. The summed E-state index contributed by atoms with van der Waals surface area (Å²) in [5.74, 6) is -1.73. The van der Waals surface area contributed by atoms with Crippen molar-refractivity contribution in [2.45, 2.75) is 66.8 Å². The van der Waals surface area contributed by atoms with Crippen LogP contribution in [0.2, 0.25) is 0 Å². The van der Waals surface area contributed by atoms with Crippen LogP contribution in [0.25, 0.3) is 5.83 Å². The van der Waals surface area contributed by atoms with Gasteiger partial charge >= 0.3 is 0 Å². The molecule has 0 bridgehead atoms. The van der Waals surface area contributed by atoms with Crippen LogP contribution in [0.15, 0.2) is 47.1 Å². The lowest BCUT2D eigenvalue weighted by Crippen LogP contribution is -2.30. The molecule has 0 radical (unpaired) electrons. The second-order valence-corrected chi connectivity index (χ2v) is 8.58. The molecule has 0 unspecified atom stereocenters. The highest BCUT2D eigenvalue weighted by Crippen LogP contribution is 2.41. The number of hydrogen-bond donors (Lipinski definition) is 1. The number of carbonyl (C=O) groups excluding carboxylic acids is 1. The molecule has 0 aliphatic heterocycles. The van der Waals surface area contributed by atoms with Crippen molar-refractivity contribution in [3.05, 3.63) is 64.0 Å². The number of halogens is 2. The van der Waals surface area contributed by atoms with Gasteiger partial charge in [0.05, 0.1) is 0 Å². The zero-order chi connectivity index (χ0) is 21.1. The molecule has 0 saturated heterocycles. The number of benzene rings is 1. The van der Waals surface area contributed by atoms with E-state index in [1.807, 2.05) is 19.9 Å². The van der Waals surface area contributed by atoms with Gasteiger partial charge in [-0.3, -0.25) is 4.79 Å². The number of amides is 1. The van der Waals surface area contributed by atoms with Crippen LogP contribution >= 0.6 is 0 Å². The Labute approximate surface area is 167 Å². The highest BCUT2D eigenvalue weighted by Gasteiger charge is 2.26. The molecule has 28 heavy (non-hydrogen) atoms. The van der Waals surface area contributed by atoms with Crippen LogP contribution < -0.4 is 5.32 Å². The van der Waals surface area contributed by atoms with Crippen LogP contribution in [0.5, 0.6) is 0 Å². The van der Waals surface area contributed by atoms with Gasteiger partial charge in [-0.25, -0.2) is 8.78 Å². The molecule has 2 nitrogen and oxygen atoms in total. The monoisotopic (exact) mass is 387 g/mol. The van der Waals surface area contributed by atoms with Gasteiger partial charge in [0.15, 0.2) is 0 Å². The second-order valence-electron chi connectivity index (χ2n) is 8.58. The lowest BCUT2D eigenvalue weighted by molar-refractivity contribution is 0.0942. The fourth-order valence-electron chi connectivity index (χ4n) is 3.68. The van der Waals surface area contributed by atoms with Crippen molar-refractivity contribution in [3.63, 3.8) is 0 Å². The predicted octanol–water partition coefficient (Wildman–Crippen LogP) is 6.75. The van der Waals surface area contributed by atoms with Crippen molar-refractivity contribution in [2.24, 2.45) is 5.41 Å². The lowest BCUT2D eigenvalue weighted by Gasteiger charge is -2.33. The second kappa shape index (κ2) is 8.85. The van der Waals surface area contributed by atoms with E-state index in [0.29, 0.717) is 5.57 Å². The fraction of sp³-hybridized carbons (Fsp3) is 0.458. The SMILES string of the molecule is CC1=C(/C=C/C(C)=C(\F)c2ccc(C(=O)NC(C)C)cc2F)C(C)(C)CCC1. The number of nitrogens with one attached hydrogen (secondary N) is 1. The molecule has 1 amide bonds. The van der Waals surface area contributed by atoms with E-state index in [4.69, 9.17) is 0 Å². The summed E-state index contributed by atoms with van der Waals surface area (Å²) in [6.45, 7) is 11.8. The molecule has 0 saturated carbocycles. The Morgan fingerprint density at radius 3 is 2.54 bits per heavy atom. The van der Waals surface area contributed by atoms with Crippen molar-refractivity contribution in [3.8, 4) is 0 Å². The van der Waals surface area contributed by atoms with E-state index in [1.54, 1.807) is 13.0 Å². The number of rotatable bonds is 5. The summed E-state index contributed by atoms with van der Waals surface area (Å²) in [6, 6.07) is 3.80. The third kappa shape index (κ3) is 5.18. The van der Waals surface area contributed by atoms with E-state index in [9.17, 15) is 13.6 Å². The summed E-state index contributed by atoms with van der Waals surface area (Å²) in [7, 11) is 0. The molecule has 152 valence electrons. The number of allylic oxidation sites excluding steroid dienone is 5. The van der Waals surface area contributed by atoms with E-state index < -0.39 is 11.6 Å². The number of carbonyl (C=O) groups is 1. The van der Waals surface area contributed by atoms with Crippen molar-refractivity contribution >= 4 is 11.7 Å². The topological polar surface area (TPSA) is 29.1 Å². The van der Waals surface area contributed by atoms with Gasteiger partial charge < -0.3 is 5.32 Å². The van der Waals surface area contributed by atoms with Crippen LogP contribution in [0.1, 0.15) is 76.7 Å². The van der Waals surface area contributed by atoms with Gasteiger partial charge in [-0.05, 0) is 81.7 Å². The Hall–Kier alpha value is -2.23. The Morgan fingerprint density at radius 1 is 1.29 bits per heavy atom. The van der Waals surface area contributed by atoms with Gasteiger partial charge in [-0.15, -0.1) is 0 Å². The highest BCUT2D eigenvalue weighted by atomic mass is 19.1. The molecule has 1 aliphatic carbocycles. The summed E-state index contributed by atoms with van der Waals surface area (Å²) in [5, 5.41) is 2.70. The van der Waals surface area contributed by atoms with Crippen molar-refractivity contribution in [1.29, 1.82) is 0 Å². The molecule has 0 fully saturated rings. The standard InChI is InChI=1S/C24H31F2NO/c1-15(2)27-23(28)18-10-11-19(21(25)14-18)22(26)17(4)9-12-20-16(3)8-7-13-24(20,5)6/h9-12,14-15H,7-8,13H2,1-6H3,(H,27,28)/b12-9+,22-17-. The Balaban J connectivity index is 2.29. The van der Waals surface area contributed by atoms with E-state index in [1.165, 1.54) is 29.7 Å². The van der Waals surface area contributed by atoms with Gasteiger partial charge in [-0.2, -0.15) is 0 Å². The first-order valence-electron chi connectivity index (χ1n) is 9.88. The zero-order valence-corrected chi connectivity index (χ0v) is 17.7. The molecule has 2 rings (SSSR count). The minimum Gasteiger partial charge on any atom is -0.350 e. The minimum absolute atomic E-state index is 0.0546. The van der Waals surface area contributed by atoms with Crippen molar-refractivity contribution < 1.29 is 13.6 Å². The van der Waals surface area contributed by atoms with Crippen molar-refractivity contribution in [2.75, 3.05) is 0 Å². The van der Waals surface area contributed by atoms with E-state index in [2.05, 4.69) is 26.1 Å². The fourth-order valence-corrected chi connectivity index (χ4v) is 3.68. The smallest absolute Gasteiger partial charge is 0.251 e. The number of hydrogen-bond acceptors (Lipinski definition) is 1. The average Bonchev–Trinajstić information content (AvgIpc) is 2.59. The third-order valence-corrected chi connectivity index (χ3v) is 5.28. The van der Waals surface area contributed by atoms with Gasteiger partial charge in [-0.1, -0.05) is 31.6 Å². The molecule has 0 spiro atoms. The van der Waals surface area contributed by atoms with E-state index >= 15 is 0 Å². The molecule has 1 aromatic rings. The third-order valence-electron chi connectivity index (χ3n) is 5.28. The van der Waals surface area contributed by atoms with E-state index in [0.717, 1.165) is 18.9 Å². The molecule has 0 heterocycles. The molecule has 1 N–H and O–H groups in total. The summed E-state index contributed by atoms with van der Waals surface area (Å²) in [4.78, 5) is 12.0. The molecule has 4 heteroatoms.